The van der Waals surface area contributed by atoms with Gasteiger partial charge in [-0.15, -0.1) is 0 Å². The highest BCUT2D eigenvalue weighted by molar-refractivity contribution is 5.96. The summed E-state index contributed by atoms with van der Waals surface area (Å²) in [6, 6.07) is 5.18. The van der Waals surface area contributed by atoms with Crippen LogP contribution in [-0.4, -0.2) is 20.3 Å². The molecule has 1 aromatic carbocycles. The zero-order valence-electron chi connectivity index (χ0n) is 8.29. The van der Waals surface area contributed by atoms with Crippen LogP contribution in [0.1, 0.15) is 10.4 Å². The SMILES string of the molecule is NC(=O)c1ccc2c(c1)ncc1nccn12. The smallest absolute Gasteiger partial charge is 0.248 e. The van der Waals surface area contributed by atoms with Crippen molar-refractivity contribution in [3.8, 4) is 0 Å². The number of carbonyl (C=O) groups excluding carboxylic acids is 1. The van der Waals surface area contributed by atoms with Gasteiger partial charge in [-0.25, -0.2) is 4.98 Å². The van der Waals surface area contributed by atoms with Crippen molar-refractivity contribution in [2.24, 2.45) is 5.73 Å². The van der Waals surface area contributed by atoms with Crippen LogP contribution < -0.4 is 5.73 Å². The summed E-state index contributed by atoms with van der Waals surface area (Å²) in [5.41, 5.74) is 8.07. The van der Waals surface area contributed by atoms with Crippen molar-refractivity contribution >= 4 is 22.6 Å². The summed E-state index contributed by atoms with van der Waals surface area (Å²) in [7, 11) is 0. The maximum Gasteiger partial charge on any atom is 0.248 e. The van der Waals surface area contributed by atoms with E-state index >= 15 is 0 Å². The van der Waals surface area contributed by atoms with Crippen molar-refractivity contribution in [1.82, 2.24) is 14.4 Å². The number of hydrogen-bond acceptors (Lipinski definition) is 3. The van der Waals surface area contributed by atoms with E-state index in [9.17, 15) is 4.79 Å². The minimum atomic E-state index is -0.450. The minimum absolute atomic E-state index is 0.450. The highest BCUT2D eigenvalue weighted by atomic mass is 16.1. The first-order valence-electron chi connectivity index (χ1n) is 4.77. The lowest BCUT2D eigenvalue weighted by molar-refractivity contribution is 0.100. The monoisotopic (exact) mass is 212 g/mol. The minimum Gasteiger partial charge on any atom is -0.366 e. The molecule has 2 N–H and O–H groups in total. The predicted octanol–water partition coefficient (Wildman–Crippen LogP) is 0.981. The van der Waals surface area contributed by atoms with E-state index in [4.69, 9.17) is 5.73 Å². The van der Waals surface area contributed by atoms with Crippen molar-refractivity contribution in [2.45, 2.75) is 0 Å². The van der Waals surface area contributed by atoms with Crippen LogP contribution in [-0.2, 0) is 0 Å². The predicted molar refractivity (Wildman–Crippen MR) is 59.0 cm³/mol. The number of primary amides is 1. The van der Waals surface area contributed by atoms with Gasteiger partial charge in [0.05, 0.1) is 17.2 Å². The summed E-state index contributed by atoms with van der Waals surface area (Å²) >= 11 is 0. The van der Waals surface area contributed by atoms with Crippen LogP contribution in [0.5, 0.6) is 0 Å². The molecule has 0 unspecified atom stereocenters. The molecule has 0 saturated heterocycles. The van der Waals surface area contributed by atoms with Crippen molar-refractivity contribution < 1.29 is 4.79 Å². The van der Waals surface area contributed by atoms with Gasteiger partial charge in [0, 0.05) is 18.0 Å². The van der Waals surface area contributed by atoms with Crippen molar-refractivity contribution in [3.05, 3.63) is 42.4 Å². The summed E-state index contributed by atoms with van der Waals surface area (Å²) in [5, 5.41) is 0. The van der Waals surface area contributed by atoms with Crippen LogP contribution in [0.25, 0.3) is 16.7 Å². The number of carbonyl (C=O) groups is 1. The number of imidazole rings is 1. The van der Waals surface area contributed by atoms with Crippen molar-refractivity contribution in [2.75, 3.05) is 0 Å². The molecule has 0 fully saturated rings. The van der Waals surface area contributed by atoms with Gasteiger partial charge in [-0.2, -0.15) is 0 Å². The fourth-order valence-electron chi connectivity index (χ4n) is 1.73. The summed E-state index contributed by atoms with van der Waals surface area (Å²) in [6.07, 6.45) is 5.22. The molecule has 2 aromatic heterocycles. The number of amides is 1. The molecule has 5 nitrogen and oxygen atoms in total. The summed E-state index contributed by atoms with van der Waals surface area (Å²) < 4.78 is 1.91. The largest absolute Gasteiger partial charge is 0.366 e. The lowest BCUT2D eigenvalue weighted by Crippen LogP contribution is -2.10. The summed E-state index contributed by atoms with van der Waals surface area (Å²) in [6.45, 7) is 0. The molecule has 0 saturated carbocycles. The van der Waals surface area contributed by atoms with Gasteiger partial charge < -0.3 is 5.73 Å². The summed E-state index contributed by atoms with van der Waals surface area (Å²) in [5.74, 6) is -0.450. The van der Waals surface area contributed by atoms with Gasteiger partial charge in [-0.05, 0) is 18.2 Å². The van der Waals surface area contributed by atoms with E-state index in [1.54, 1.807) is 24.5 Å². The molecule has 0 bridgehead atoms. The standard InChI is InChI=1S/C11H8N4O/c12-11(16)7-1-2-9-8(5-7)14-6-10-13-3-4-15(9)10/h1-6H,(H2,12,16). The van der Waals surface area contributed by atoms with Crippen LogP contribution in [0.3, 0.4) is 0 Å². The van der Waals surface area contributed by atoms with E-state index in [0.717, 1.165) is 16.7 Å². The maximum atomic E-state index is 11.0. The Morgan fingerprint density at radius 2 is 2.19 bits per heavy atom. The van der Waals surface area contributed by atoms with E-state index in [-0.39, 0.29) is 0 Å². The highest BCUT2D eigenvalue weighted by Crippen LogP contribution is 2.15. The molecule has 3 aromatic rings. The molecule has 3 rings (SSSR count). The van der Waals surface area contributed by atoms with Crippen LogP contribution in [0.15, 0.2) is 36.8 Å². The Balaban J connectivity index is 2.41. The van der Waals surface area contributed by atoms with E-state index in [0.29, 0.717) is 5.56 Å². The number of benzene rings is 1. The molecule has 2 heterocycles. The molecule has 0 atom stereocenters. The molecule has 1 amide bonds. The maximum absolute atomic E-state index is 11.0. The Hall–Kier alpha value is -2.43. The highest BCUT2D eigenvalue weighted by Gasteiger charge is 2.05. The lowest BCUT2D eigenvalue weighted by atomic mass is 10.2. The number of fused-ring (bicyclic) bond motifs is 3. The van der Waals surface area contributed by atoms with Gasteiger partial charge in [0.1, 0.15) is 0 Å². The molecular formula is C11H8N4O. The first-order chi connectivity index (χ1) is 7.75. The second-order valence-corrected chi connectivity index (χ2v) is 3.48. The second-order valence-electron chi connectivity index (χ2n) is 3.48. The average molecular weight is 212 g/mol. The van der Waals surface area contributed by atoms with Gasteiger partial charge in [-0.3, -0.25) is 14.2 Å². The van der Waals surface area contributed by atoms with Crippen LogP contribution in [0.2, 0.25) is 0 Å². The molecule has 0 aliphatic carbocycles. The Labute approximate surface area is 90.5 Å². The number of rotatable bonds is 1. The van der Waals surface area contributed by atoms with E-state index in [1.165, 1.54) is 0 Å². The Bertz CT molecular complexity index is 701. The molecule has 0 aliphatic heterocycles. The molecule has 5 heteroatoms. The van der Waals surface area contributed by atoms with Gasteiger partial charge in [0.2, 0.25) is 5.91 Å². The Kier molecular flexibility index (Phi) is 1.67. The van der Waals surface area contributed by atoms with Gasteiger partial charge in [-0.1, -0.05) is 0 Å². The number of hydrogen-bond donors (Lipinski definition) is 1. The van der Waals surface area contributed by atoms with Crippen molar-refractivity contribution in [1.29, 1.82) is 0 Å². The first kappa shape index (κ1) is 8.84. The van der Waals surface area contributed by atoms with Crippen molar-refractivity contribution in [3.63, 3.8) is 0 Å². The Morgan fingerprint density at radius 3 is 3.00 bits per heavy atom. The lowest BCUT2D eigenvalue weighted by Gasteiger charge is -2.02. The third-order valence-electron chi connectivity index (χ3n) is 2.51. The molecule has 0 spiro atoms. The third kappa shape index (κ3) is 1.15. The topological polar surface area (TPSA) is 73.3 Å². The zero-order valence-corrected chi connectivity index (χ0v) is 8.29. The van der Waals surface area contributed by atoms with Crippen LogP contribution in [0, 0.1) is 0 Å². The molecule has 0 aliphatic rings. The van der Waals surface area contributed by atoms with Gasteiger partial charge in [0.25, 0.3) is 0 Å². The fourth-order valence-corrected chi connectivity index (χ4v) is 1.73. The number of nitrogens with two attached hydrogens (primary N) is 1. The summed E-state index contributed by atoms with van der Waals surface area (Å²) in [4.78, 5) is 19.4. The quantitative estimate of drug-likeness (QED) is 0.653. The Morgan fingerprint density at radius 1 is 1.31 bits per heavy atom. The van der Waals surface area contributed by atoms with E-state index < -0.39 is 5.91 Å². The first-order valence-corrected chi connectivity index (χ1v) is 4.77. The normalized spacial score (nSPS) is 11.0. The molecular weight excluding hydrogens is 204 g/mol. The van der Waals surface area contributed by atoms with Crippen LogP contribution in [0.4, 0.5) is 0 Å². The fraction of sp³-hybridized carbons (Fsp3) is 0. The van der Waals surface area contributed by atoms with Gasteiger partial charge in [0.15, 0.2) is 5.65 Å². The molecule has 16 heavy (non-hydrogen) atoms. The number of nitrogens with zero attached hydrogens (tertiary/aromatic N) is 3. The molecule has 78 valence electrons. The third-order valence-corrected chi connectivity index (χ3v) is 2.51. The number of aromatic nitrogens is 3. The van der Waals surface area contributed by atoms with E-state index in [1.807, 2.05) is 16.7 Å². The zero-order chi connectivity index (χ0) is 11.1. The molecule has 0 radical (unpaired) electrons. The van der Waals surface area contributed by atoms with E-state index in [2.05, 4.69) is 9.97 Å². The van der Waals surface area contributed by atoms with Gasteiger partial charge >= 0.3 is 0 Å². The average Bonchev–Trinajstić information content (AvgIpc) is 2.76. The second kappa shape index (κ2) is 3.03. The van der Waals surface area contributed by atoms with Crippen LogP contribution >= 0.6 is 0 Å².